The fourth-order valence-electron chi connectivity index (χ4n) is 1.83. The average molecular weight is 447 g/mol. The van der Waals surface area contributed by atoms with Crippen LogP contribution in [0.4, 0.5) is 5.69 Å². The number of nitro groups is 1. The van der Waals surface area contributed by atoms with E-state index in [1.54, 1.807) is 30.5 Å². The smallest absolute Gasteiger partial charge is 0.269 e. The molecule has 0 radical (unpaired) electrons. The van der Waals surface area contributed by atoms with Crippen molar-refractivity contribution in [2.45, 2.75) is 20.0 Å². The van der Waals surface area contributed by atoms with Gasteiger partial charge in [-0.3, -0.25) is 15.1 Å². The monoisotopic (exact) mass is 447 g/mol. The Kier molecular flexibility index (Phi) is 7.89. The summed E-state index contributed by atoms with van der Waals surface area (Å²) in [7, 11) is 1.68. The van der Waals surface area contributed by atoms with Crippen LogP contribution in [0.1, 0.15) is 15.4 Å². The third-order valence-electron chi connectivity index (χ3n) is 2.88. The van der Waals surface area contributed by atoms with Crippen LogP contribution in [0.3, 0.4) is 0 Å². The Hall–Kier alpha value is -1.75. The first kappa shape index (κ1) is 19.3. The first-order valence-corrected chi connectivity index (χ1v) is 7.49. The summed E-state index contributed by atoms with van der Waals surface area (Å²) in [5.74, 6) is 0.624. The molecule has 0 aliphatic heterocycles. The third kappa shape index (κ3) is 6.10. The fourth-order valence-corrected chi connectivity index (χ4v) is 2.56. The molecule has 0 saturated carbocycles. The minimum Gasteiger partial charge on any atom is -0.352 e. The summed E-state index contributed by atoms with van der Waals surface area (Å²) in [6, 6.07) is 6.52. The topological polar surface area (TPSA) is 92.5 Å². The van der Waals surface area contributed by atoms with Crippen LogP contribution >= 0.6 is 35.3 Å². The Bertz CT molecular complexity index is 689. The van der Waals surface area contributed by atoms with Gasteiger partial charge in [-0.15, -0.1) is 35.3 Å². The minimum atomic E-state index is -0.401. The molecule has 0 fully saturated rings. The molecule has 124 valence electrons. The zero-order valence-electron chi connectivity index (χ0n) is 12.8. The molecule has 0 atom stereocenters. The summed E-state index contributed by atoms with van der Waals surface area (Å²) in [6.45, 7) is 3.06. The number of nitro benzene ring substituents is 1. The minimum absolute atomic E-state index is 0. The lowest BCUT2D eigenvalue weighted by Crippen LogP contribution is -2.36. The van der Waals surface area contributed by atoms with Crippen LogP contribution in [0.5, 0.6) is 0 Å². The average Bonchev–Trinajstić information content (AvgIpc) is 2.93. The molecule has 0 amide bonds. The van der Waals surface area contributed by atoms with Crippen LogP contribution in [0, 0.1) is 17.0 Å². The normalized spacial score (nSPS) is 10.8. The lowest BCUT2D eigenvalue weighted by Gasteiger charge is -2.10. The van der Waals surface area contributed by atoms with Gasteiger partial charge in [-0.2, -0.15) is 0 Å². The molecule has 2 rings (SSSR count). The van der Waals surface area contributed by atoms with Crippen molar-refractivity contribution in [2.24, 2.45) is 4.99 Å². The van der Waals surface area contributed by atoms with E-state index in [9.17, 15) is 10.1 Å². The van der Waals surface area contributed by atoms with Crippen LogP contribution in [0.25, 0.3) is 0 Å². The second kappa shape index (κ2) is 9.40. The van der Waals surface area contributed by atoms with E-state index in [1.165, 1.54) is 6.07 Å². The van der Waals surface area contributed by atoms with Crippen molar-refractivity contribution in [1.82, 2.24) is 15.6 Å². The second-order valence-corrected chi connectivity index (χ2v) is 5.89. The number of rotatable bonds is 5. The number of aromatic nitrogens is 1. The van der Waals surface area contributed by atoms with Crippen LogP contribution in [0.2, 0.25) is 0 Å². The van der Waals surface area contributed by atoms with Gasteiger partial charge in [0, 0.05) is 36.8 Å². The number of non-ortho nitro benzene ring substituents is 1. The Balaban J connectivity index is 0.00000264. The van der Waals surface area contributed by atoms with E-state index in [1.807, 2.05) is 19.2 Å². The van der Waals surface area contributed by atoms with Gasteiger partial charge in [0.15, 0.2) is 5.96 Å². The van der Waals surface area contributed by atoms with Gasteiger partial charge in [0.05, 0.1) is 11.5 Å². The zero-order chi connectivity index (χ0) is 15.9. The summed E-state index contributed by atoms with van der Waals surface area (Å²) in [5.41, 5.74) is 0.905. The number of thiazole rings is 1. The molecule has 0 spiro atoms. The van der Waals surface area contributed by atoms with Crippen molar-refractivity contribution >= 4 is 47.0 Å². The van der Waals surface area contributed by atoms with Gasteiger partial charge in [0.25, 0.3) is 5.69 Å². The van der Waals surface area contributed by atoms with E-state index in [2.05, 4.69) is 20.6 Å². The van der Waals surface area contributed by atoms with Crippen LogP contribution < -0.4 is 10.6 Å². The van der Waals surface area contributed by atoms with E-state index in [0.29, 0.717) is 19.0 Å². The molecular weight excluding hydrogens is 429 g/mol. The highest BCUT2D eigenvalue weighted by molar-refractivity contribution is 14.0. The maximum Gasteiger partial charge on any atom is 0.269 e. The van der Waals surface area contributed by atoms with Crippen LogP contribution in [-0.4, -0.2) is 22.9 Å². The first-order valence-electron chi connectivity index (χ1n) is 6.67. The molecule has 0 aliphatic carbocycles. The van der Waals surface area contributed by atoms with Gasteiger partial charge in [-0.05, 0) is 12.5 Å². The predicted octanol–water partition coefficient (Wildman–Crippen LogP) is 2.84. The molecule has 0 unspecified atom stereocenters. The summed E-state index contributed by atoms with van der Waals surface area (Å²) in [4.78, 5) is 19.9. The molecule has 1 aromatic carbocycles. The maximum absolute atomic E-state index is 10.8. The summed E-state index contributed by atoms with van der Waals surface area (Å²) < 4.78 is 0. The van der Waals surface area contributed by atoms with Crippen molar-refractivity contribution in [3.8, 4) is 0 Å². The summed E-state index contributed by atoms with van der Waals surface area (Å²) >= 11 is 1.63. The standard InChI is InChI=1S/C14H17N5O2S.HI/c1-10-7-16-13(22-10)9-18-14(15-2)17-8-11-4-3-5-12(6-11)19(20)21;/h3-7H,8-9H2,1-2H3,(H2,15,17,18);1H. The highest BCUT2D eigenvalue weighted by atomic mass is 127. The molecule has 1 heterocycles. The molecule has 0 aliphatic rings. The van der Waals surface area contributed by atoms with E-state index in [4.69, 9.17) is 0 Å². The number of nitrogens with one attached hydrogen (secondary N) is 2. The van der Waals surface area contributed by atoms with Gasteiger partial charge in [0.1, 0.15) is 5.01 Å². The predicted molar refractivity (Wildman–Crippen MR) is 102 cm³/mol. The number of guanidine groups is 1. The van der Waals surface area contributed by atoms with Gasteiger partial charge in [0.2, 0.25) is 0 Å². The molecule has 23 heavy (non-hydrogen) atoms. The number of halogens is 1. The number of hydrogen-bond donors (Lipinski definition) is 2. The lowest BCUT2D eigenvalue weighted by molar-refractivity contribution is -0.384. The summed E-state index contributed by atoms with van der Waals surface area (Å²) in [5, 5.41) is 18.0. The Morgan fingerprint density at radius 1 is 1.39 bits per heavy atom. The molecule has 2 aromatic rings. The van der Waals surface area contributed by atoms with Gasteiger partial charge in [-0.1, -0.05) is 12.1 Å². The third-order valence-corrected chi connectivity index (χ3v) is 3.79. The van der Waals surface area contributed by atoms with Crippen LogP contribution in [-0.2, 0) is 13.1 Å². The molecular formula is C14H18IN5O2S. The first-order chi connectivity index (χ1) is 10.6. The molecule has 0 bridgehead atoms. The highest BCUT2D eigenvalue weighted by Gasteiger charge is 2.06. The van der Waals surface area contributed by atoms with E-state index < -0.39 is 4.92 Å². The largest absolute Gasteiger partial charge is 0.352 e. The molecule has 2 N–H and O–H groups in total. The van der Waals surface area contributed by atoms with Crippen molar-refractivity contribution in [2.75, 3.05) is 7.05 Å². The van der Waals surface area contributed by atoms with Crippen molar-refractivity contribution < 1.29 is 4.92 Å². The number of aliphatic imine (C=N–C) groups is 1. The van der Waals surface area contributed by atoms with Crippen LogP contribution in [0.15, 0.2) is 35.5 Å². The quantitative estimate of drug-likeness (QED) is 0.242. The van der Waals surface area contributed by atoms with E-state index >= 15 is 0 Å². The zero-order valence-corrected chi connectivity index (χ0v) is 15.9. The van der Waals surface area contributed by atoms with E-state index in [-0.39, 0.29) is 29.7 Å². The number of nitrogens with zero attached hydrogens (tertiary/aromatic N) is 3. The number of hydrogen-bond acceptors (Lipinski definition) is 5. The van der Waals surface area contributed by atoms with Gasteiger partial charge < -0.3 is 10.6 Å². The maximum atomic E-state index is 10.8. The van der Waals surface area contributed by atoms with Crippen molar-refractivity contribution in [3.05, 3.63) is 56.0 Å². The SMILES string of the molecule is CN=C(NCc1cccc([N+](=O)[O-])c1)NCc1ncc(C)s1.I. The Morgan fingerprint density at radius 3 is 2.74 bits per heavy atom. The van der Waals surface area contributed by atoms with Gasteiger partial charge in [-0.25, -0.2) is 4.98 Å². The van der Waals surface area contributed by atoms with Gasteiger partial charge >= 0.3 is 0 Å². The molecule has 0 saturated heterocycles. The Labute approximate surface area is 155 Å². The molecule has 9 heteroatoms. The molecule has 7 nitrogen and oxygen atoms in total. The summed E-state index contributed by atoms with van der Waals surface area (Å²) in [6.07, 6.45) is 1.83. The Morgan fingerprint density at radius 2 is 2.13 bits per heavy atom. The lowest BCUT2D eigenvalue weighted by atomic mass is 10.2. The van der Waals surface area contributed by atoms with Crippen molar-refractivity contribution in [3.63, 3.8) is 0 Å². The fraction of sp³-hybridized carbons (Fsp3) is 0.286. The number of aryl methyl sites for hydroxylation is 1. The molecule has 1 aromatic heterocycles. The highest BCUT2D eigenvalue weighted by Crippen LogP contribution is 2.13. The second-order valence-electron chi connectivity index (χ2n) is 4.57. The van der Waals surface area contributed by atoms with E-state index in [0.717, 1.165) is 15.4 Å². The van der Waals surface area contributed by atoms with Crippen molar-refractivity contribution in [1.29, 1.82) is 0 Å². The number of benzene rings is 1.